The van der Waals surface area contributed by atoms with Crippen LogP contribution >= 0.6 is 11.6 Å². The number of nitrogens with zero attached hydrogens (tertiary/aromatic N) is 1. The molecular weight excluding hydrogens is 412 g/mol. The summed E-state index contributed by atoms with van der Waals surface area (Å²) in [6, 6.07) is 22.6. The Kier molecular flexibility index (Phi) is 6.16. The maximum absolute atomic E-state index is 13.8. The first-order valence-electron chi connectivity index (χ1n) is 10.4. The van der Waals surface area contributed by atoms with Crippen LogP contribution in [0.1, 0.15) is 24.5 Å². The molecule has 0 aliphatic carbocycles. The second-order valence-electron chi connectivity index (χ2n) is 7.45. The molecule has 6 heteroatoms. The molecule has 3 aromatic carbocycles. The zero-order valence-electron chi connectivity index (χ0n) is 17.4. The molecule has 0 radical (unpaired) electrons. The standard InChI is InChI=1S/C25H25ClN2O3/c1-2-25(30-20-10-7-8-18(16-20)14-15-27)24(29)28(17-19-9-3-4-11-21(19)26)22-12-5-6-13-23(22)31-25/h3-13,16H,2,14-15,17,27H2,1H3. The number of para-hydroxylation sites is 2. The van der Waals surface area contributed by atoms with E-state index in [1.807, 2.05) is 79.7 Å². The number of rotatable bonds is 7. The topological polar surface area (TPSA) is 64.8 Å². The highest BCUT2D eigenvalue weighted by molar-refractivity contribution is 6.31. The first kappa shape index (κ1) is 21.2. The van der Waals surface area contributed by atoms with E-state index < -0.39 is 5.79 Å². The van der Waals surface area contributed by atoms with Crippen molar-refractivity contribution >= 4 is 23.2 Å². The molecule has 1 unspecified atom stereocenters. The van der Waals surface area contributed by atoms with Gasteiger partial charge in [-0.05, 0) is 54.4 Å². The van der Waals surface area contributed by atoms with Crippen LogP contribution in [0.15, 0.2) is 72.8 Å². The highest BCUT2D eigenvalue weighted by Crippen LogP contribution is 2.41. The van der Waals surface area contributed by atoms with Gasteiger partial charge in [0, 0.05) is 11.4 Å². The Morgan fingerprint density at radius 2 is 1.84 bits per heavy atom. The molecule has 0 fully saturated rings. The third kappa shape index (κ3) is 4.24. The molecule has 1 aliphatic rings. The van der Waals surface area contributed by atoms with Crippen molar-refractivity contribution in [1.29, 1.82) is 0 Å². The first-order chi connectivity index (χ1) is 15.1. The van der Waals surface area contributed by atoms with Gasteiger partial charge in [-0.3, -0.25) is 9.69 Å². The van der Waals surface area contributed by atoms with E-state index in [2.05, 4.69) is 0 Å². The van der Waals surface area contributed by atoms with Gasteiger partial charge in [0.15, 0.2) is 0 Å². The summed E-state index contributed by atoms with van der Waals surface area (Å²) in [5.74, 6) is -0.582. The van der Waals surface area contributed by atoms with Crippen LogP contribution < -0.4 is 20.1 Å². The highest BCUT2D eigenvalue weighted by Gasteiger charge is 2.50. The van der Waals surface area contributed by atoms with Crippen molar-refractivity contribution in [3.05, 3.63) is 88.9 Å². The van der Waals surface area contributed by atoms with Gasteiger partial charge in [-0.2, -0.15) is 0 Å². The van der Waals surface area contributed by atoms with Crippen LogP contribution in [0.5, 0.6) is 11.5 Å². The molecule has 0 saturated heterocycles. The molecule has 4 rings (SSSR count). The predicted octanol–water partition coefficient (Wildman–Crippen LogP) is 4.95. The monoisotopic (exact) mass is 436 g/mol. The summed E-state index contributed by atoms with van der Waals surface area (Å²) in [5.41, 5.74) is 8.28. The predicted molar refractivity (Wildman–Crippen MR) is 123 cm³/mol. The van der Waals surface area contributed by atoms with Crippen LogP contribution in [-0.4, -0.2) is 18.2 Å². The Balaban J connectivity index is 1.73. The number of hydrogen-bond acceptors (Lipinski definition) is 4. The summed E-state index contributed by atoms with van der Waals surface area (Å²) in [6.07, 6.45) is 1.06. The molecule has 1 amide bonds. The molecule has 0 aromatic heterocycles. The summed E-state index contributed by atoms with van der Waals surface area (Å²) in [5, 5.41) is 0.608. The maximum Gasteiger partial charge on any atom is 0.332 e. The summed E-state index contributed by atoms with van der Waals surface area (Å²) >= 11 is 6.39. The van der Waals surface area contributed by atoms with E-state index in [1.54, 1.807) is 4.90 Å². The van der Waals surface area contributed by atoms with Gasteiger partial charge in [0.2, 0.25) is 0 Å². The largest absolute Gasteiger partial charge is 0.444 e. The number of hydrogen-bond donors (Lipinski definition) is 1. The molecule has 0 bridgehead atoms. The third-order valence-electron chi connectivity index (χ3n) is 5.37. The minimum atomic E-state index is -1.48. The van der Waals surface area contributed by atoms with Gasteiger partial charge in [-0.25, -0.2) is 0 Å². The Bertz CT molecular complexity index is 1090. The number of fused-ring (bicyclic) bond motifs is 1. The van der Waals surface area contributed by atoms with Crippen molar-refractivity contribution in [3.63, 3.8) is 0 Å². The molecule has 3 aromatic rings. The number of nitrogens with two attached hydrogens (primary N) is 1. The zero-order valence-corrected chi connectivity index (χ0v) is 18.1. The lowest BCUT2D eigenvalue weighted by atomic mass is 10.1. The smallest absolute Gasteiger partial charge is 0.332 e. The lowest BCUT2D eigenvalue weighted by Crippen LogP contribution is -2.59. The first-order valence-corrected chi connectivity index (χ1v) is 10.8. The van der Waals surface area contributed by atoms with E-state index in [1.165, 1.54) is 0 Å². The van der Waals surface area contributed by atoms with Crippen LogP contribution in [0.2, 0.25) is 5.02 Å². The van der Waals surface area contributed by atoms with Crippen LogP contribution in [0, 0.1) is 0 Å². The summed E-state index contributed by atoms with van der Waals surface area (Å²) in [7, 11) is 0. The molecule has 1 aliphatic heterocycles. The Morgan fingerprint density at radius 1 is 1.06 bits per heavy atom. The minimum absolute atomic E-state index is 0.266. The number of benzene rings is 3. The van der Waals surface area contributed by atoms with Crippen LogP contribution in [0.25, 0.3) is 0 Å². The zero-order chi connectivity index (χ0) is 21.8. The van der Waals surface area contributed by atoms with Gasteiger partial charge in [0.05, 0.1) is 12.2 Å². The SMILES string of the molecule is CCC1(Oc2cccc(CCN)c2)Oc2ccccc2N(Cc2ccccc2Cl)C1=O. The summed E-state index contributed by atoms with van der Waals surface area (Å²) in [4.78, 5) is 15.5. The Morgan fingerprint density at radius 3 is 2.61 bits per heavy atom. The van der Waals surface area contributed by atoms with Gasteiger partial charge in [0.25, 0.3) is 0 Å². The molecule has 5 nitrogen and oxygen atoms in total. The van der Waals surface area contributed by atoms with Gasteiger partial charge in [-0.1, -0.05) is 61.0 Å². The molecule has 160 valence electrons. The number of amides is 1. The van der Waals surface area contributed by atoms with E-state index in [-0.39, 0.29) is 5.91 Å². The molecule has 2 N–H and O–H groups in total. The number of halogens is 1. The van der Waals surface area contributed by atoms with Crippen molar-refractivity contribution in [2.75, 3.05) is 11.4 Å². The second-order valence-corrected chi connectivity index (χ2v) is 7.85. The molecule has 1 atom stereocenters. The second kappa shape index (κ2) is 9.00. The van der Waals surface area contributed by atoms with E-state index in [9.17, 15) is 4.79 Å². The van der Waals surface area contributed by atoms with E-state index >= 15 is 0 Å². The van der Waals surface area contributed by atoms with Gasteiger partial charge in [0.1, 0.15) is 11.5 Å². The van der Waals surface area contributed by atoms with Gasteiger partial charge < -0.3 is 15.2 Å². The Hall–Kier alpha value is -3.02. The number of anilines is 1. The van der Waals surface area contributed by atoms with Crippen LogP contribution in [-0.2, 0) is 17.8 Å². The van der Waals surface area contributed by atoms with Crippen molar-refractivity contribution in [2.24, 2.45) is 5.73 Å². The van der Waals surface area contributed by atoms with Gasteiger partial charge >= 0.3 is 11.7 Å². The number of carbonyl (C=O) groups is 1. The van der Waals surface area contributed by atoms with Crippen molar-refractivity contribution in [3.8, 4) is 11.5 Å². The van der Waals surface area contributed by atoms with Crippen molar-refractivity contribution in [1.82, 2.24) is 0 Å². The highest BCUT2D eigenvalue weighted by atomic mass is 35.5. The average molecular weight is 437 g/mol. The van der Waals surface area contributed by atoms with E-state index in [0.29, 0.717) is 41.7 Å². The molecule has 0 spiro atoms. The van der Waals surface area contributed by atoms with Gasteiger partial charge in [-0.15, -0.1) is 0 Å². The number of ether oxygens (including phenoxy) is 2. The maximum atomic E-state index is 13.8. The fourth-order valence-electron chi connectivity index (χ4n) is 3.74. The molecule has 0 saturated carbocycles. The summed E-state index contributed by atoms with van der Waals surface area (Å²) in [6.45, 7) is 2.73. The van der Waals surface area contributed by atoms with Crippen molar-refractivity contribution < 1.29 is 14.3 Å². The Labute approximate surface area is 187 Å². The van der Waals surface area contributed by atoms with Crippen LogP contribution in [0.4, 0.5) is 5.69 Å². The lowest BCUT2D eigenvalue weighted by molar-refractivity contribution is -0.167. The molecule has 31 heavy (non-hydrogen) atoms. The third-order valence-corrected chi connectivity index (χ3v) is 5.74. The lowest BCUT2D eigenvalue weighted by Gasteiger charge is -2.41. The quantitative estimate of drug-likeness (QED) is 0.569. The van der Waals surface area contributed by atoms with E-state index in [4.69, 9.17) is 26.8 Å². The summed E-state index contributed by atoms with van der Waals surface area (Å²) < 4.78 is 12.5. The normalized spacial score (nSPS) is 17.8. The van der Waals surface area contributed by atoms with Crippen LogP contribution in [0.3, 0.4) is 0 Å². The molecule has 1 heterocycles. The van der Waals surface area contributed by atoms with E-state index in [0.717, 1.165) is 17.5 Å². The fraction of sp³-hybridized carbons (Fsp3) is 0.240. The number of carbonyl (C=O) groups excluding carboxylic acids is 1. The fourth-order valence-corrected chi connectivity index (χ4v) is 3.93. The van der Waals surface area contributed by atoms with Crippen molar-refractivity contribution in [2.45, 2.75) is 32.1 Å². The average Bonchev–Trinajstić information content (AvgIpc) is 2.78. The minimum Gasteiger partial charge on any atom is -0.444 e. The molecular formula is C25H25ClN2O3.